The van der Waals surface area contributed by atoms with Crippen molar-refractivity contribution in [2.45, 2.75) is 20.3 Å². The van der Waals surface area contributed by atoms with Crippen LogP contribution in [-0.4, -0.2) is 16.8 Å². The molecule has 3 aromatic rings. The summed E-state index contributed by atoms with van der Waals surface area (Å²) in [5, 5.41) is 3.54. The molecule has 2 aromatic carbocycles. The van der Waals surface area contributed by atoms with Crippen molar-refractivity contribution in [3.05, 3.63) is 69.3 Å². The smallest absolute Gasteiger partial charge is 0.251 e. The maximum Gasteiger partial charge on any atom is 0.251 e. The number of anilines is 1. The van der Waals surface area contributed by atoms with Crippen LogP contribution in [0.2, 0.25) is 0 Å². The number of benzene rings is 2. The van der Waals surface area contributed by atoms with Gasteiger partial charge in [-0.1, -0.05) is 29.8 Å². The minimum absolute atomic E-state index is 0.123. The normalized spacial score (nSPS) is 10.6. The van der Waals surface area contributed by atoms with Crippen LogP contribution in [0.3, 0.4) is 0 Å². The average Bonchev–Trinajstić information content (AvgIpc) is 2.97. The molecule has 0 spiro atoms. The number of hydrogen-bond acceptors (Lipinski definition) is 4. The van der Waals surface area contributed by atoms with Crippen molar-refractivity contribution in [1.82, 2.24) is 4.98 Å². The molecular weight excluding hydrogens is 365 g/mol. The van der Waals surface area contributed by atoms with Gasteiger partial charge in [-0.2, -0.15) is 0 Å². The lowest BCUT2D eigenvalue weighted by molar-refractivity contribution is -0.115. The summed E-state index contributed by atoms with van der Waals surface area (Å²) in [7, 11) is 0. The fraction of sp³-hybridized carbons (Fsp3) is 0.150. The predicted molar refractivity (Wildman–Crippen MR) is 104 cm³/mol. The highest BCUT2D eigenvalue weighted by Crippen LogP contribution is 2.29. The second kappa shape index (κ2) is 7.67. The van der Waals surface area contributed by atoms with Gasteiger partial charge >= 0.3 is 0 Å². The highest BCUT2D eigenvalue weighted by molar-refractivity contribution is 7.12. The molecule has 0 unspecified atom stereocenters. The van der Waals surface area contributed by atoms with Crippen LogP contribution in [-0.2, 0) is 11.2 Å². The third-order valence-electron chi connectivity index (χ3n) is 3.97. The number of aromatic nitrogens is 1. The van der Waals surface area contributed by atoms with E-state index < -0.39 is 11.7 Å². The van der Waals surface area contributed by atoms with E-state index in [9.17, 15) is 14.0 Å². The Morgan fingerprint density at radius 2 is 1.85 bits per heavy atom. The molecule has 0 aliphatic rings. The second-order valence-corrected chi connectivity index (χ2v) is 7.44. The first kappa shape index (κ1) is 18.7. The van der Waals surface area contributed by atoms with Crippen molar-refractivity contribution >= 4 is 28.8 Å². The van der Waals surface area contributed by atoms with E-state index in [2.05, 4.69) is 10.3 Å². The van der Waals surface area contributed by atoms with Crippen LogP contribution in [0.15, 0.2) is 42.5 Å². The Bertz CT molecular complexity index is 1010. The van der Waals surface area contributed by atoms with Crippen LogP contribution in [0, 0.1) is 19.7 Å². The first-order chi connectivity index (χ1) is 12.8. The molecule has 0 saturated heterocycles. The van der Waals surface area contributed by atoms with Crippen LogP contribution in [0.4, 0.5) is 10.1 Å². The number of rotatable bonds is 5. The van der Waals surface area contributed by atoms with Gasteiger partial charge < -0.3 is 11.1 Å². The van der Waals surface area contributed by atoms with E-state index in [1.54, 1.807) is 0 Å². The average molecular weight is 383 g/mol. The third-order valence-corrected chi connectivity index (χ3v) is 4.94. The van der Waals surface area contributed by atoms with Crippen LogP contribution in [0.25, 0.3) is 11.3 Å². The van der Waals surface area contributed by atoms with E-state index in [-0.39, 0.29) is 17.9 Å². The zero-order valence-electron chi connectivity index (χ0n) is 14.9. The number of primary amides is 1. The number of halogens is 1. The highest BCUT2D eigenvalue weighted by Gasteiger charge is 2.16. The number of hydrogen-bond donors (Lipinski definition) is 2. The fourth-order valence-corrected chi connectivity index (χ4v) is 3.63. The molecule has 2 amide bonds. The molecule has 1 aromatic heterocycles. The van der Waals surface area contributed by atoms with Gasteiger partial charge in [-0.3, -0.25) is 9.59 Å². The van der Waals surface area contributed by atoms with Crippen molar-refractivity contribution in [3.63, 3.8) is 0 Å². The summed E-state index contributed by atoms with van der Waals surface area (Å²) < 4.78 is 13.6. The first-order valence-electron chi connectivity index (χ1n) is 8.26. The zero-order valence-corrected chi connectivity index (χ0v) is 15.7. The number of nitrogens with two attached hydrogens (primary N) is 1. The molecule has 1 heterocycles. The molecule has 0 aliphatic heterocycles. The summed E-state index contributed by atoms with van der Waals surface area (Å²) >= 11 is 1.46. The second-order valence-electron chi connectivity index (χ2n) is 6.15. The molecule has 0 atom stereocenters. The number of nitrogens with zero attached hydrogens (tertiary/aromatic N) is 1. The highest BCUT2D eigenvalue weighted by atomic mass is 32.1. The van der Waals surface area contributed by atoms with Crippen molar-refractivity contribution in [3.8, 4) is 11.3 Å². The van der Waals surface area contributed by atoms with Crippen LogP contribution in [0.1, 0.15) is 25.8 Å². The summed E-state index contributed by atoms with van der Waals surface area (Å²) in [4.78, 5) is 29.1. The number of amides is 2. The van der Waals surface area contributed by atoms with Gasteiger partial charge in [0.05, 0.1) is 22.7 Å². The summed E-state index contributed by atoms with van der Waals surface area (Å²) in [6, 6.07) is 11.7. The van der Waals surface area contributed by atoms with Crippen molar-refractivity contribution in [2.75, 3.05) is 5.32 Å². The summed E-state index contributed by atoms with van der Waals surface area (Å²) in [5.74, 6) is -1.89. The molecule has 3 N–H and O–H groups in total. The van der Waals surface area contributed by atoms with Gasteiger partial charge in [-0.05, 0) is 32.0 Å². The lowest BCUT2D eigenvalue weighted by Gasteiger charge is -2.07. The Balaban J connectivity index is 1.80. The maximum absolute atomic E-state index is 13.6. The van der Waals surface area contributed by atoms with E-state index in [4.69, 9.17) is 5.73 Å². The van der Waals surface area contributed by atoms with Crippen molar-refractivity contribution in [1.29, 1.82) is 0 Å². The number of aryl methyl sites for hydroxylation is 2. The number of carbonyl (C=O) groups excluding carboxylic acids is 2. The number of thiazole rings is 1. The topological polar surface area (TPSA) is 85.1 Å². The Hall–Kier alpha value is -3.06. The summed E-state index contributed by atoms with van der Waals surface area (Å²) in [6.07, 6.45) is 0.123. The first-order valence-corrected chi connectivity index (χ1v) is 9.07. The van der Waals surface area contributed by atoms with Crippen molar-refractivity contribution < 1.29 is 14.0 Å². The van der Waals surface area contributed by atoms with Gasteiger partial charge in [-0.25, -0.2) is 9.37 Å². The molecule has 0 fully saturated rings. The minimum atomic E-state index is -0.886. The van der Waals surface area contributed by atoms with E-state index in [0.717, 1.165) is 32.8 Å². The molecule has 0 bridgehead atoms. The minimum Gasteiger partial charge on any atom is -0.366 e. The van der Waals surface area contributed by atoms with E-state index in [1.165, 1.54) is 23.5 Å². The molecule has 0 saturated carbocycles. The monoisotopic (exact) mass is 383 g/mol. The number of nitrogens with one attached hydrogen (secondary N) is 1. The van der Waals surface area contributed by atoms with Gasteiger partial charge in [0.15, 0.2) is 0 Å². The van der Waals surface area contributed by atoms with Crippen LogP contribution < -0.4 is 11.1 Å². The molecule has 0 aliphatic carbocycles. The van der Waals surface area contributed by atoms with Gasteiger partial charge in [0.2, 0.25) is 5.91 Å². The predicted octanol–water partition coefficient (Wildman–Crippen LogP) is 3.85. The van der Waals surface area contributed by atoms with Gasteiger partial charge in [-0.15, -0.1) is 11.3 Å². The molecule has 27 heavy (non-hydrogen) atoms. The molecule has 7 heteroatoms. The molecule has 0 radical (unpaired) electrons. The molecule has 3 rings (SSSR count). The fourth-order valence-electron chi connectivity index (χ4n) is 2.67. The van der Waals surface area contributed by atoms with Gasteiger partial charge in [0.25, 0.3) is 5.91 Å². The Morgan fingerprint density at radius 1 is 1.15 bits per heavy atom. The Morgan fingerprint density at radius 3 is 2.52 bits per heavy atom. The van der Waals surface area contributed by atoms with Crippen molar-refractivity contribution in [2.24, 2.45) is 5.73 Å². The van der Waals surface area contributed by atoms with E-state index in [0.29, 0.717) is 5.69 Å². The van der Waals surface area contributed by atoms with Gasteiger partial charge in [0, 0.05) is 16.1 Å². The maximum atomic E-state index is 13.6. The Kier molecular flexibility index (Phi) is 5.32. The van der Waals surface area contributed by atoms with Crippen LogP contribution in [0.5, 0.6) is 0 Å². The lowest BCUT2D eigenvalue weighted by Crippen LogP contribution is -2.17. The quantitative estimate of drug-likeness (QED) is 0.702. The summed E-state index contributed by atoms with van der Waals surface area (Å²) in [6.45, 7) is 3.90. The SMILES string of the molecule is Cc1ccc(-c2nc(C)sc2CC(=O)Nc2ccc(F)c(C(N)=O)c2)cc1. The Labute approximate surface area is 160 Å². The van der Waals surface area contributed by atoms with E-state index in [1.807, 2.05) is 38.1 Å². The lowest BCUT2D eigenvalue weighted by atomic mass is 10.1. The standard InChI is InChI=1S/C20H18FN3O2S/c1-11-3-5-13(6-4-11)19-17(27-12(2)23-19)10-18(25)24-14-7-8-16(21)15(9-14)20(22)26/h3-9H,10H2,1-2H3,(H2,22,26)(H,24,25). The van der Waals surface area contributed by atoms with Crippen LogP contribution >= 0.6 is 11.3 Å². The number of carbonyl (C=O) groups is 2. The molecule has 5 nitrogen and oxygen atoms in total. The zero-order chi connectivity index (χ0) is 19.6. The summed E-state index contributed by atoms with van der Waals surface area (Å²) in [5.41, 5.74) is 8.06. The third kappa shape index (κ3) is 4.38. The molecular formula is C20H18FN3O2S. The van der Waals surface area contributed by atoms with Gasteiger partial charge in [0.1, 0.15) is 5.82 Å². The van der Waals surface area contributed by atoms with E-state index >= 15 is 0 Å². The molecule has 138 valence electrons. The largest absolute Gasteiger partial charge is 0.366 e.